The van der Waals surface area contributed by atoms with Crippen LogP contribution in [0.5, 0.6) is 11.8 Å². The van der Waals surface area contributed by atoms with Crippen LogP contribution in [0.25, 0.3) is 6.08 Å². The lowest BCUT2D eigenvalue weighted by molar-refractivity contribution is 0.411. The van der Waals surface area contributed by atoms with Crippen LogP contribution in [0.2, 0.25) is 0 Å². The van der Waals surface area contributed by atoms with Crippen LogP contribution < -0.4 is 15.0 Å². The molecule has 0 spiro atoms. The molecular weight excluding hydrogens is 469 g/mol. The molecule has 35 heavy (non-hydrogen) atoms. The Morgan fingerprint density at radius 3 is 2.71 bits per heavy atom. The van der Waals surface area contributed by atoms with E-state index in [4.69, 9.17) is 4.74 Å². The first kappa shape index (κ1) is 22.2. The van der Waals surface area contributed by atoms with Crippen LogP contribution in [0.1, 0.15) is 30.9 Å². The molecule has 6 rings (SSSR count). The maximum atomic E-state index is 15.2. The van der Waals surface area contributed by atoms with E-state index >= 15 is 4.39 Å². The molecule has 2 fully saturated rings. The van der Waals surface area contributed by atoms with Crippen molar-refractivity contribution in [2.45, 2.75) is 26.2 Å². The standard InChI is InChI=1S/C25H26FN5O3S/c1-15-10-17-4-5-20(24(26)19(17)11-15)34-25-29-22(28-21-12-18(14-27-21)16-2-3-16)13-23(30-25)31-6-8-35(32,33)9-7-31/h4-5,11-13,16H,2-3,6-10,14H2,1H3,(H,27,28,29,30). The quantitative estimate of drug-likeness (QED) is 0.675. The van der Waals surface area contributed by atoms with Gasteiger partial charge in [0.1, 0.15) is 17.5 Å². The number of benzene rings is 1. The van der Waals surface area contributed by atoms with Gasteiger partial charge in [0.25, 0.3) is 0 Å². The molecule has 182 valence electrons. The molecule has 1 aromatic carbocycles. The molecule has 1 N–H and O–H groups in total. The summed E-state index contributed by atoms with van der Waals surface area (Å²) in [5.74, 6) is 2.05. The van der Waals surface area contributed by atoms with E-state index in [1.807, 2.05) is 24.0 Å². The maximum absolute atomic E-state index is 15.2. The van der Waals surface area contributed by atoms with Crippen molar-refractivity contribution < 1.29 is 17.5 Å². The summed E-state index contributed by atoms with van der Waals surface area (Å²) < 4.78 is 44.9. The van der Waals surface area contributed by atoms with Crippen molar-refractivity contribution in [1.82, 2.24) is 9.97 Å². The third-order valence-corrected chi connectivity index (χ3v) is 8.38. The van der Waals surface area contributed by atoms with Crippen molar-refractivity contribution in [1.29, 1.82) is 0 Å². The van der Waals surface area contributed by atoms with Gasteiger partial charge >= 0.3 is 6.01 Å². The number of sulfone groups is 1. The van der Waals surface area contributed by atoms with E-state index in [2.05, 4.69) is 26.4 Å². The highest BCUT2D eigenvalue weighted by Crippen LogP contribution is 2.38. The highest BCUT2D eigenvalue weighted by atomic mass is 32.2. The van der Waals surface area contributed by atoms with Gasteiger partial charge in [0, 0.05) is 24.7 Å². The topological polar surface area (TPSA) is 96.8 Å². The predicted molar refractivity (Wildman–Crippen MR) is 133 cm³/mol. The van der Waals surface area contributed by atoms with Gasteiger partial charge in [-0.05, 0) is 55.4 Å². The number of hydrogen-bond donors (Lipinski definition) is 1. The van der Waals surface area contributed by atoms with Crippen LogP contribution >= 0.6 is 0 Å². The molecule has 1 saturated carbocycles. The summed E-state index contributed by atoms with van der Waals surface area (Å²) in [4.78, 5) is 15.4. The van der Waals surface area contributed by atoms with Crippen molar-refractivity contribution in [3.05, 3.63) is 52.4 Å². The van der Waals surface area contributed by atoms with Gasteiger partial charge in [0.2, 0.25) is 0 Å². The predicted octanol–water partition coefficient (Wildman–Crippen LogP) is 3.76. The van der Waals surface area contributed by atoms with Crippen molar-refractivity contribution in [2.24, 2.45) is 10.9 Å². The summed E-state index contributed by atoms with van der Waals surface area (Å²) in [5, 5.41) is 3.23. The zero-order valence-electron chi connectivity index (χ0n) is 19.4. The van der Waals surface area contributed by atoms with E-state index in [1.165, 1.54) is 18.4 Å². The van der Waals surface area contributed by atoms with E-state index in [9.17, 15) is 8.42 Å². The molecule has 10 heteroatoms. The van der Waals surface area contributed by atoms with Crippen molar-refractivity contribution in [3.8, 4) is 11.8 Å². The molecule has 8 nitrogen and oxygen atoms in total. The number of ether oxygens (including phenoxy) is 1. The largest absolute Gasteiger partial charge is 0.421 e. The zero-order chi connectivity index (χ0) is 24.2. The summed E-state index contributed by atoms with van der Waals surface area (Å²) in [5.41, 5.74) is 3.88. The SMILES string of the molecule is CC1=Cc2c(ccc(Oc3nc(NC4=NCC(C5CC5)=C4)cc(N4CCS(=O)(=O)CC4)n3)c2F)C1. The average molecular weight is 496 g/mol. The summed E-state index contributed by atoms with van der Waals surface area (Å²) in [6, 6.07) is 5.20. The molecule has 0 atom stereocenters. The molecule has 0 radical (unpaired) electrons. The first-order chi connectivity index (χ1) is 16.8. The van der Waals surface area contributed by atoms with E-state index in [-0.39, 0.29) is 23.3 Å². The fraction of sp³-hybridized carbons (Fsp3) is 0.400. The summed E-state index contributed by atoms with van der Waals surface area (Å²) >= 11 is 0. The van der Waals surface area contributed by atoms with E-state index in [0.717, 1.165) is 17.6 Å². The van der Waals surface area contributed by atoms with Gasteiger partial charge < -0.3 is 15.0 Å². The van der Waals surface area contributed by atoms with E-state index in [1.54, 1.807) is 12.1 Å². The molecule has 0 amide bonds. The minimum atomic E-state index is -3.05. The van der Waals surface area contributed by atoms with Gasteiger partial charge in [-0.25, -0.2) is 12.8 Å². The van der Waals surface area contributed by atoms with Gasteiger partial charge in [-0.3, -0.25) is 4.99 Å². The van der Waals surface area contributed by atoms with Crippen LogP contribution in [0.15, 0.2) is 40.4 Å². The van der Waals surface area contributed by atoms with Crippen LogP contribution in [-0.2, 0) is 16.3 Å². The zero-order valence-corrected chi connectivity index (χ0v) is 20.2. The minimum absolute atomic E-state index is 0.0130. The Kier molecular flexibility index (Phi) is 5.36. The molecular formula is C25H26FN5O3S. The van der Waals surface area contributed by atoms with Gasteiger partial charge in [-0.2, -0.15) is 9.97 Å². The number of amidine groups is 1. The molecule has 1 aromatic heterocycles. The number of hydrogen-bond acceptors (Lipinski definition) is 8. The molecule has 0 bridgehead atoms. The Balaban J connectivity index is 1.31. The molecule has 3 heterocycles. The van der Waals surface area contributed by atoms with E-state index < -0.39 is 15.7 Å². The molecule has 0 unspecified atom stereocenters. The number of aliphatic imine (C=N–C) groups is 1. The Morgan fingerprint density at radius 1 is 1.14 bits per heavy atom. The smallest absolute Gasteiger partial charge is 0.326 e. The lowest BCUT2D eigenvalue weighted by atomic mass is 10.1. The molecule has 4 aliphatic rings. The van der Waals surface area contributed by atoms with Crippen molar-refractivity contribution in [3.63, 3.8) is 0 Å². The number of nitrogens with one attached hydrogen (secondary N) is 1. The third-order valence-electron chi connectivity index (χ3n) is 6.77. The number of rotatable bonds is 5. The third kappa shape index (κ3) is 4.67. The molecule has 2 aliphatic carbocycles. The number of halogens is 1. The van der Waals surface area contributed by atoms with Gasteiger partial charge in [-0.15, -0.1) is 0 Å². The van der Waals surface area contributed by atoms with Gasteiger partial charge in [0.05, 0.1) is 18.1 Å². The Hall–Kier alpha value is -3.27. The second-order valence-electron chi connectivity index (χ2n) is 9.57. The first-order valence-electron chi connectivity index (χ1n) is 11.9. The fourth-order valence-electron chi connectivity index (χ4n) is 4.68. The molecule has 1 saturated heterocycles. The molecule has 2 aliphatic heterocycles. The number of aromatic nitrogens is 2. The second-order valence-corrected chi connectivity index (χ2v) is 11.9. The highest BCUT2D eigenvalue weighted by molar-refractivity contribution is 7.91. The fourth-order valence-corrected chi connectivity index (χ4v) is 5.88. The first-order valence-corrected chi connectivity index (χ1v) is 13.7. The normalized spacial score (nSPS) is 20.7. The average Bonchev–Trinajstić information content (AvgIpc) is 3.44. The summed E-state index contributed by atoms with van der Waals surface area (Å²) in [7, 11) is -3.05. The monoisotopic (exact) mass is 495 g/mol. The lowest BCUT2D eigenvalue weighted by Crippen LogP contribution is -2.40. The number of nitrogens with zero attached hydrogens (tertiary/aromatic N) is 4. The van der Waals surface area contributed by atoms with Gasteiger partial charge in [-0.1, -0.05) is 17.7 Å². The molecule has 2 aromatic rings. The Bertz CT molecular complexity index is 1400. The Morgan fingerprint density at radius 2 is 1.94 bits per heavy atom. The number of fused-ring (bicyclic) bond motifs is 1. The highest BCUT2D eigenvalue weighted by Gasteiger charge is 2.28. The maximum Gasteiger partial charge on any atom is 0.326 e. The summed E-state index contributed by atoms with van der Waals surface area (Å²) in [6.07, 6.45) is 7.04. The Labute approximate surface area is 203 Å². The van der Waals surface area contributed by atoms with Crippen molar-refractivity contribution >= 4 is 33.4 Å². The number of allylic oxidation sites excluding steroid dienone is 1. The van der Waals surface area contributed by atoms with Crippen LogP contribution in [0.4, 0.5) is 16.0 Å². The number of anilines is 2. The van der Waals surface area contributed by atoms with Crippen molar-refractivity contribution in [2.75, 3.05) is 41.4 Å². The van der Waals surface area contributed by atoms with E-state index in [0.29, 0.717) is 48.6 Å². The van der Waals surface area contributed by atoms with Crippen LogP contribution in [0, 0.1) is 11.7 Å². The lowest BCUT2D eigenvalue weighted by Gasteiger charge is -2.28. The minimum Gasteiger partial charge on any atom is -0.421 e. The second kappa shape index (κ2) is 8.44. The van der Waals surface area contributed by atoms with Crippen LogP contribution in [-0.4, -0.2) is 55.4 Å². The van der Waals surface area contributed by atoms with Crippen LogP contribution in [0.3, 0.4) is 0 Å². The summed E-state index contributed by atoms with van der Waals surface area (Å²) in [6.45, 7) is 3.30. The van der Waals surface area contributed by atoms with Gasteiger partial charge in [0.15, 0.2) is 21.4 Å².